The van der Waals surface area contributed by atoms with E-state index in [1.807, 2.05) is 116 Å². The summed E-state index contributed by atoms with van der Waals surface area (Å²) in [6.07, 6.45) is 3.63. The Bertz CT molecular complexity index is 1940. The molecule has 0 fully saturated rings. The van der Waals surface area contributed by atoms with Crippen molar-refractivity contribution < 1.29 is 24.5 Å². The second-order valence-electron chi connectivity index (χ2n) is 9.25. The Balaban J connectivity index is 0.000000204. The van der Waals surface area contributed by atoms with E-state index < -0.39 is 0 Å². The predicted octanol–water partition coefficient (Wildman–Crippen LogP) is 8.84. The van der Waals surface area contributed by atoms with E-state index in [4.69, 9.17) is 4.42 Å². The third-order valence-corrected chi connectivity index (χ3v) is 6.60. The molecule has 7 rings (SSSR count). The van der Waals surface area contributed by atoms with E-state index in [1.165, 1.54) is 5.56 Å². The smallest absolute Gasteiger partial charge is 0.130 e. The number of nitrogens with zero attached hydrogens (tertiary/aromatic N) is 3. The number of furan rings is 1. The standard InChI is InChI=1S/C24H13N2O.C12H10N.Ir/c25-15-17-12-13-19-18-9-6-10-20(21-11-4-5-14-26-21)23(18)27-24(19)22(17)16-7-2-1-3-8-16;1-10-7-8-12(13-9-10)11-5-3-2-4-6-11;/h1-9,11-14H;2-5,7-9H,1H3;/q2*-1;. The third-order valence-electron chi connectivity index (χ3n) is 6.60. The van der Waals surface area contributed by atoms with Crippen LogP contribution in [0.2, 0.25) is 0 Å². The molecule has 0 aliphatic carbocycles. The average molecular weight is 706 g/mol. The zero-order valence-corrected chi connectivity index (χ0v) is 24.5. The zero-order chi connectivity index (χ0) is 27.3. The van der Waals surface area contributed by atoms with E-state index in [-0.39, 0.29) is 20.1 Å². The number of pyridine rings is 2. The molecule has 4 nitrogen and oxygen atoms in total. The van der Waals surface area contributed by atoms with Crippen molar-refractivity contribution >= 4 is 21.9 Å². The molecule has 0 N–H and O–H groups in total. The molecule has 0 saturated heterocycles. The molecular formula is C36H23IrN3O-2. The van der Waals surface area contributed by atoms with Gasteiger partial charge in [-0.1, -0.05) is 71.6 Å². The van der Waals surface area contributed by atoms with Crippen molar-refractivity contribution in [3.05, 3.63) is 145 Å². The number of benzene rings is 4. The molecule has 4 aromatic carbocycles. The van der Waals surface area contributed by atoms with Crippen LogP contribution in [0.1, 0.15) is 11.1 Å². The van der Waals surface area contributed by atoms with Crippen molar-refractivity contribution in [1.29, 1.82) is 5.26 Å². The molecule has 3 heterocycles. The summed E-state index contributed by atoms with van der Waals surface area (Å²) in [5.74, 6) is 0. The zero-order valence-electron chi connectivity index (χ0n) is 22.1. The van der Waals surface area contributed by atoms with Crippen molar-refractivity contribution in [3.63, 3.8) is 0 Å². The Morgan fingerprint density at radius 1 is 0.707 bits per heavy atom. The van der Waals surface area contributed by atoms with Gasteiger partial charge in [-0.25, -0.2) is 0 Å². The minimum atomic E-state index is 0. The summed E-state index contributed by atoms with van der Waals surface area (Å²) in [6.45, 7) is 2.03. The Labute approximate surface area is 252 Å². The van der Waals surface area contributed by atoms with Crippen LogP contribution in [0.4, 0.5) is 0 Å². The Kier molecular flexibility index (Phi) is 8.46. The summed E-state index contributed by atoms with van der Waals surface area (Å²) in [4.78, 5) is 8.76. The van der Waals surface area contributed by atoms with Crippen molar-refractivity contribution in [2.24, 2.45) is 0 Å². The number of rotatable bonds is 3. The number of nitriles is 1. The molecule has 0 amide bonds. The van der Waals surface area contributed by atoms with E-state index in [0.29, 0.717) is 11.1 Å². The largest absolute Gasteiger partial charge is 0.500 e. The van der Waals surface area contributed by atoms with Crippen LogP contribution in [0.15, 0.2) is 126 Å². The number of aromatic nitrogens is 2. The second kappa shape index (κ2) is 12.5. The summed E-state index contributed by atoms with van der Waals surface area (Å²) in [5, 5.41) is 11.6. The van der Waals surface area contributed by atoms with Crippen molar-refractivity contribution in [3.8, 4) is 39.7 Å². The Morgan fingerprint density at radius 2 is 1.51 bits per heavy atom. The molecular weight excluding hydrogens is 683 g/mol. The van der Waals surface area contributed by atoms with Gasteiger partial charge in [0.15, 0.2) is 0 Å². The monoisotopic (exact) mass is 706 g/mol. The molecule has 5 heteroatoms. The number of aryl methyl sites for hydroxylation is 1. The van der Waals surface area contributed by atoms with Gasteiger partial charge in [-0.15, -0.1) is 54.1 Å². The number of fused-ring (bicyclic) bond motifs is 3. The molecule has 0 atom stereocenters. The molecule has 7 aromatic rings. The van der Waals surface area contributed by atoms with Crippen LogP contribution in [0.25, 0.3) is 55.6 Å². The summed E-state index contributed by atoms with van der Waals surface area (Å²) >= 11 is 0. The average Bonchev–Trinajstić information content (AvgIpc) is 3.41. The van der Waals surface area contributed by atoms with Crippen LogP contribution in [-0.2, 0) is 20.1 Å². The van der Waals surface area contributed by atoms with Gasteiger partial charge in [0.1, 0.15) is 5.58 Å². The SMILES string of the molecule is Cc1ccc(-c2[c-]cccc2)nc1.N#Cc1ccc2c(oc3c(-c4ccccn4)[c-]ccc32)c1-c1ccccc1.[Ir]. The minimum Gasteiger partial charge on any atom is -0.500 e. The van der Waals surface area contributed by atoms with Crippen LogP contribution < -0.4 is 0 Å². The summed E-state index contributed by atoms with van der Waals surface area (Å²) < 4.78 is 6.34. The summed E-state index contributed by atoms with van der Waals surface area (Å²) in [6, 6.07) is 44.0. The van der Waals surface area contributed by atoms with E-state index >= 15 is 0 Å². The van der Waals surface area contributed by atoms with Gasteiger partial charge in [-0.3, -0.25) is 0 Å². The molecule has 0 saturated carbocycles. The van der Waals surface area contributed by atoms with Gasteiger partial charge in [-0.2, -0.15) is 5.26 Å². The molecule has 0 unspecified atom stereocenters. The summed E-state index contributed by atoms with van der Waals surface area (Å²) in [7, 11) is 0. The first-order chi connectivity index (χ1) is 19.7. The number of hydrogen-bond acceptors (Lipinski definition) is 4. The van der Waals surface area contributed by atoms with E-state index in [2.05, 4.69) is 34.2 Å². The first-order valence-electron chi connectivity index (χ1n) is 12.9. The first-order valence-corrected chi connectivity index (χ1v) is 12.9. The molecule has 199 valence electrons. The normalized spacial score (nSPS) is 10.3. The van der Waals surface area contributed by atoms with Gasteiger partial charge < -0.3 is 14.4 Å². The fourth-order valence-corrected chi connectivity index (χ4v) is 4.67. The molecule has 41 heavy (non-hydrogen) atoms. The Morgan fingerprint density at radius 3 is 2.22 bits per heavy atom. The van der Waals surface area contributed by atoms with Crippen LogP contribution >= 0.6 is 0 Å². The van der Waals surface area contributed by atoms with E-state index in [0.717, 1.165) is 50.0 Å². The maximum Gasteiger partial charge on any atom is 0.130 e. The van der Waals surface area contributed by atoms with Crippen LogP contribution in [0, 0.1) is 30.4 Å². The second-order valence-corrected chi connectivity index (χ2v) is 9.25. The molecule has 1 radical (unpaired) electrons. The van der Waals surface area contributed by atoms with E-state index in [1.54, 1.807) is 6.20 Å². The van der Waals surface area contributed by atoms with Crippen LogP contribution in [-0.4, -0.2) is 9.97 Å². The molecule has 0 bridgehead atoms. The van der Waals surface area contributed by atoms with Crippen molar-refractivity contribution in [2.75, 3.05) is 0 Å². The van der Waals surface area contributed by atoms with Gasteiger partial charge in [-0.05, 0) is 41.6 Å². The van der Waals surface area contributed by atoms with Crippen LogP contribution in [0.5, 0.6) is 0 Å². The van der Waals surface area contributed by atoms with Gasteiger partial charge in [0.25, 0.3) is 0 Å². The first kappa shape index (κ1) is 27.7. The Hall–Kier alpha value is -4.88. The topological polar surface area (TPSA) is 62.7 Å². The maximum absolute atomic E-state index is 9.64. The molecule has 0 aliphatic heterocycles. The van der Waals surface area contributed by atoms with Gasteiger partial charge >= 0.3 is 0 Å². The number of hydrogen-bond donors (Lipinski definition) is 0. The third kappa shape index (κ3) is 5.71. The minimum absolute atomic E-state index is 0. The van der Waals surface area contributed by atoms with E-state index in [9.17, 15) is 5.26 Å². The quantitative estimate of drug-likeness (QED) is 0.173. The maximum atomic E-state index is 9.64. The van der Waals surface area contributed by atoms with Gasteiger partial charge in [0, 0.05) is 43.4 Å². The fourth-order valence-electron chi connectivity index (χ4n) is 4.67. The molecule has 0 spiro atoms. The van der Waals surface area contributed by atoms with Crippen LogP contribution in [0.3, 0.4) is 0 Å². The summed E-state index contributed by atoms with van der Waals surface area (Å²) in [5.41, 5.74) is 8.65. The van der Waals surface area contributed by atoms with Crippen molar-refractivity contribution in [2.45, 2.75) is 6.92 Å². The van der Waals surface area contributed by atoms with Gasteiger partial charge in [0.2, 0.25) is 0 Å². The predicted molar refractivity (Wildman–Crippen MR) is 159 cm³/mol. The van der Waals surface area contributed by atoms with Crippen molar-refractivity contribution in [1.82, 2.24) is 9.97 Å². The molecule has 3 aromatic heterocycles. The fraction of sp³-hybridized carbons (Fsp3) is 0.0278. The van der Waals surface area contributed by atoms with Gasteiger partial charge in [0.05, 0.1) is 17.2 Å². The molecule has 0 aliphatic rings.